The minimum atomic E-state index is -0.117. The van der Waals surface area contributed by atoms with Gasteiger partial charge in [0.1, 0.15) is 0 Å². The molecule has 0 aliphatic carbocycles. The van der Waals surface area contributed by atoms with Crippen LogP contribution in [0.4, 0.5) is 5.69 Å². The maximum atomic E-state index is 12.8. The summed E-state index contributed by atoms with van der Waals surface area (Å²) in [6.45, 7) is 6.99. The number of benzene rings is 3. The average molecular weight is 530 g/mol. The summed E-state index contributed by atoms with van der Waals surface area (Å²) in [5, 5.41) is 4.67. The molecular formula is C28H24BrN3OS. The predicted octanol–water partition coefficient (Wildman–Crippen LogP) is 7.27. The Morgan fingerprint density at radius 1 is 1.00 bits per heavy atom. The first-order valence-electron chi connectivity index (χ1n) is 11.1. The third kappa shape index (κ3) is 4.36. The van der Waals surface area contributed by atoms with Crippen LogP contribution >= 0.6 is 27.7 Å². The van der Waals surface area contributed by atoms with Crippen LogP contribution in [0.2, 0.25) is 0 Å². The van der Waals surface area contributed by atoms with Crippen LogP contribution in [0.5, 0.6) is 0 Å². The van der Waals surface area contributed by atoms with Gasteiger partial charge in [0, 0.05) is 33.2 Å². The molecule has 1 aromatic heterocycles. The predicted molar refractivity (Wildman–Crippen MR) is 147 cm³/mol. The molecule has 0 unspecified atom stereocenters. The third-order valence-electron chi connectivity index (χ3n) is 6.04. The van der Waals surface area contributed by atoms with Crippen molar-refractivity contribution in [3.8, 4) is 0 Å². The van der Waals surface area contributed by atoms with Gasteiger partial charge in [-0.25, -0.2) is 4.99 Å². The number of nitrogens with zero attached hydrogens (tertiary/aromatic N) is 2. The van der Waals surface area contributed by atoms with Crippen LogP contribution < -0.4 is 5.32 Å². The maximum Gasteiger partial charge on any atom is 0.264 e. The van der Waals surface area contributed by atoms with Crippen LogP contribution in [0.3, 0.4) is 0 Å². The Hall–Kier alpha value is -3.09. The number of halogens is 1. The number of aryl methyl sites for hydroxylation is 2. The molecule has 3 aromatic carbocycles. The Labute approximate surface area is 211 Å². The Bertz CT molecular complexity index is 1460. The normalized spacial score (nSPS) is 16.1. The molecule has 1 saturated heterocycles. The minimum absolute atomic E-state index is 0.117. The molecule has 1 N–H and O–H groups in total. The van der Waals surface area contributed by atoms with Crippen molar-refractivity contribution in [2.24, 2.45) is 4.99 Å². The zero-order valence-electron chi connectivity index (χ0n) is 19.2. The Balaban J connectivity index is 1.51. The highest BCUT2D eigenvalue weighted by Crippen LogP contribution is 2.34. The lowest BCUT2D eigenvalue weighted by molar-refractivity contribution is -0.115. The summed E-state index contributed by atoms with van der Waals surface area (Å²) in [7, 11) is 0. The number of thioether (sulfide) groups is 1. The van der Waals surface area contributed by atoms with Gasteiger partial charge in [-0.15, -0.1) is 0 Å². The number of hydrogen-bond acceptors (Lipinski definition) is 3. The van der Waals surface area contributed by atoms with E-state index in [1.807, 2.05) is 44.2 Å². The fraction of sp³-hybridized carbons (Fsp3) is 0.143. The molecule has 6 heteroatoms. The van der Waals surface area contributed by atoms with E-state index in [1.54, 1.807) is 0 Å². The van der Waals surface area contributed by atoms with Crippen LogP contribution in [0, 0.1) is 20.8 Å². The summed E-state index contributed by atoms with van der Waals surface area (Å²) >= 11 is 4.98. The standard InChI is InChI=1S/C28H24BrN3OS/c1-17-13-21(14-18(2)26(17)29)30-28-31-27(33)25(34-28)15-23-19(3)32(16-20-9-5-4-6-10-20)24-12-8-7-11-22(23)24/h4-15H,16H2,1-3H3,(H,30,31,33)/b25-15-. The Morgan fingerprint density at radius 2 is 1.68 bits per heavy atom. The highest BCUT2D eigenvalue weighted by Gasteiger charge is 2.25. The van der Waals surface area contributed by atoms with Gasteiger partial charge in [0.15, 0.2) is 5.17 Å². The molecule has 4 nitrogen and oxygen atoms in total. The van der Waals surface area contributed by atoms with E-state index in [4.69, 9.17) is 0 Å². The molecule has 34 heavy (non-hydrogen) atoms. The highest BCUT2D eigenvalue weighted by atomic mass is 79.9. The fourth-order valence-electron chi connectivity index (χ4n) is 4.33. The smallest absolute Gasteiger partial charge is 0.264 e. The van der Waals surface area contributed by atoms with Gasteiger partial charge in [-0.2, -0.15) is 0 Å². The molecule has 2 heterocycles. The zero-order valence-corrected chi connectivity index (χ0v) is 21.6. The number of fused-ring (bicyclic) bond motifs is 1. The number of carbonyl (C=O) groups excluding carboxylic acids is 1. The lowest BCUT2D eigenvalue weighted by Crippen LogP contribution is -2.19. The van der Waals surface area contributed by atoms with Crippen molar-refractivity contribution in [3.05, 3.63) is 104 Å². The van der Waals surface area contributed by atoms with Gasteiger partial charge in [-0.3, -0.25) is 4.79 Å². The minimum Gasteiger partial charge on any atom is -0.340 e. The van der Waals surface area contributed by atoms with Gasteiger partial charge >= 0.3 is 0 Å². The van der Waals surface area contributed by atoms with Crippen LogP contribution in [-0.2, 0) is 11.3 Å². The molecule has 0 saturated carbocycles. The highest BCUT2D eigenvalue weighted by molar-refractivity contribution is 9.10. The van der Waals surface area contributed by atoms with E-state index >= 15 is 0 Å². The van der Waals surface area contributed by atoms with Crippen molar-refractivity contribution in [2.75, 3.05) is 0 Å². The zero-order chi connectivity index (χ0) is 23.8. The van der Waals surface area contributed by atoms with Crippen LogP contribution in [0.15, 0.2) is 81.1 Å². The Morgan fingerprint density at radius 3 is 2.41 bits per heavy atom. The first-order chi connectivity index (χ1) is 16.4. The van der Waals surface area contributed by atoms with Gasteiger partial charge in [0.05, 0.1) is 10.6 Å². The first-order valence-corrected chi connectivity index (χ1v) is 12.7. The van der Waals surface area contributed by atoms with E-state index in [0.29, 0.717) is 10.1 Å². The third-order valence-corrected chi connectivity index (χ3v) is 8.20. The molecule has 5 rings (SSSR count). The molecule has 0 radical (unpaired) electrons. The molecule has 4 aromatic rings. The summed E-state index contributed by atoms with van der Waals surface area (Å²) < 4.78 is 3.40. The lowest BCUT2D eigenvalue weighted by Gasteiger charge is -2.08. The molecule has 1 aliphatic heterocycles. The topological polar surface area (TPSA) is 46.4 Å². The molecule has 0 bridgehead atoms. The van der Waals surface area contributed by atoms with E-state index < -0.39 is 0 Å². The summed E-state index contributed by atoms with van der Waals surface area (Å²) in [4.78, 5) is 18.2. The maximum absolute atomic E-state index is 12.8. The fourth-order valence-corrected chi connectivity index (χ4v) is 5.38. The molecule has 1 aliphatic rings. The lowest BCUT2D eigenvalue weighted by atomic mass is 10.1. The summed E-state index contributed by atoms with van der Waals surface area (Å²) in [5.74, 6) is -0.117. The van der Waals surface area contributed by atoms with E-state index in [1.165, 1.54) is 17.3 Å². The molecular weight excluding hydrogens is 506 g/mol. The van der Waals surface area contributed by atoms with Crippen LogP contribution in [0.1, 0.15) is 27.9 Å². The largest absolute Gasteiger partial charge is 0.340 e. The van der Waals surface area contributed by atoms with Gasteiger partial charge in [0.25, 0.3) is 5.91 Å². The number of para-hydroxylation sites is 1. The van der Waals surface area contributed by atoms with Crippen molar-refractivity contribution in [1.29, 1.82) is 0 Å². The van der Waals surface area contributed by atoms with Gasteiger partial charge in [0.2, 0.25) is 0 Å². The van der Waals surface area contributed by atoms with Crippen molar-refractivity contribution >= 4 is 61.4 Å². The van der Waals surface area contributed by atoms with E-state index in [9.17, 15) is 4.79 Å². The van der Waals surface area contributed by atoms with Crippen LogP contribution in [0.25, 0.3) is 17.0 Å². The Kier molecular flexibility index (Phi) is 6.19. The molecule has 0 atom stereocenters. The van der Waals surface area contributed by atoms with Gasteiger partial charge in [-0.05, 0) is 73.5 Å². The summed E-state index contributed by atoms with van der Waals surface area (Å²) in [6.07, 6.45) is 2.00. The second-order valence-corrected chi connectivity index (χ2v) is 10.3. The average Bonchev–Trinajstić information content (AvgIpc) is 3.30. The monoisotopic (exact) mass is 529 g/mol. The van der Waals surface area contributed by atoms with Crippen molar-refractivity contribution in [2.45, 2.75) is 27.3 Å². The van der Waals surface area contributed by atoms with E-state index in [2.05, 4.69) is 80.2 Å². The SMILES string of the molecule is Cc1cc(N=C2NC(=O)/C(=C/c3c(C)n(Cc4ccccc4)c4ccccc34)S2)cc(C)c1Br. The van der Waals surface area contributed by atoms with E-state index in [-0.39, 0.29) is 5.91 Å². The quantitative estimate of drug-likeness (QED) is 0.282. The van der Waals surface area contributed by atoms with Gasteiger partial charge < -0.3 is 9.88 Å². The van der Waals surface area contributed by atoms with Gasteiger partial charge in [-0.1, -0.05) is 64.5 Å². The van der Waals surface area contributed by atoms with Crippen molar-refractivity contribution in [3.63, 3.8) is 0 Å². The number of aromatic nitrogens is 1. The summed E-state index contributed by atoms with van der Waals surface area (Å²) in [5.41, 5.74) is 7.67. The number of rotatable bonds is 4. The number of amides is 1. The van der Waals surface area contributed by atoms with Crippen LogP contribution in [-0.4, -0.2) is 15.6 Å². The molecule has 1 amide bonds. The number of amidine groups is 1. The second kappa shape index (κ2) is 9.28. The van der Waals surface area contributed by atoms with Crippen molar-refractivity contribution in [1.82, 2.24) is 9.88 Å². The van der Waals surface area contributed by atoms with E-state index in [0.717, 1.165) is 50.0 Å². The van der Waals surface area contributed by atoms with Crippen molar-refractivity contribution < 1.29 is 4.79 Å². The molecule has 0 spiro atoms. The summed E-state index contributed by atoms with van der Waals surface area (Å²) in [6, 6.07) is 22.8. The first kappa shape index (κ1) is 22.7. The number of carbonyl (C=O) groups is 1. The number of nitrogens with one attached hydrogen (secondary N) is 1. The molecule has 170 valence electrons. The molecule has 1 fully saturated rings. The number of aliphatic imine (C=N–C) groups is 1. The second-order valence-electron chi connectivity index (χ2n) is 8.46. The number of hydrogen-bond donors (Lipinski definition) is 1.